The average molecular weight is 474 g/mol. The molecule has 6 nitrogen and oxygen atoms in total. The van der Waals surface area contributed by atoms with Gasteiger partial charge in [-0.3, -0.25) is 10.1 Å². The molecule has 0 saturated heterocycles. The lowest BCUT2D eigenvalue weighted by Gasteiger charge is -2.38. The van der Waals surface area contributed by atoms with E-state index in [-0.39, 0.29) is 33.6 Å². The van der Waals surface area contributed by atoms with Crippen LogP contribution in [0.5, 0.6) is 5.75 Å². The maximum atomic E-state index is 11.6. The van der Waals surface area contributed by atoms with Crippen molar-refractivity contribution >= 4 is 17.1 Å². The maximum absolute atomic E-state index is 11.6. The second kappa shape index (κ2) is 9.61. The van der Waals surface area contributed by atoms with E-state index in [1.807, 2.05) is 24.3 Å². The topological polar surface area (TPSA) is 88.1 Å². The van der Waals surface area contributed by atoms with Crippen molar-refractivity contribution in [2.45, 2.75) is 65.7 Å². The number of nitro groups is 1. The van der Waals surface area contributed by atoms with Crippen LogP contribution in [0, 0.1) is 15.5 Å². The Balaban J connectivity index is 2.22. The Bertz CT molecular complexity index is 1240. The molecule has 0 bridgehead atoms. The van der Waals surface area contributed by atoms with Crippen molar-refractivity contribution in [2.75, 3.05) is 0 Å². The van der Waals surface area contributed by atoms with Gasteiger partial charge in [-0.05, 0) is 40.5 Å². The van der Waals surface area contributed by atoms with Crippen LogP contribution in [0.1, 0.15) is 71.6 Å². The first kappa shape index (κ1) is 26.1. The van der Waals surface area contributed by atoms with Gasteiger partial charge in [0.15, 0.2) is 5.69 Å². The van der Waals surface area contributed by atoms with Crippen molar-refractivity contribution in [3.05, 3.63) is 93.5 Å². The summed E-state index contributed by atoms with van der Waals surface area (Å²) in [7, 11) is 0. The molecule has 0 spiro atoms. The minimum atomic E-state index is -0.528. The molecule has 0 aromatic heterocycles. The fourth-order valence-electron chi connectivity index (χ4n) is 5.09. The van der Waals surface area contributed by atoms with Crippen molar-refractivity contribution < 1.29 is 10.0 Å². The SMILES string of the molecule is CC(C)(C)CC(C)(C)c1ccc(N=Nc2ccccc2[N+](=O)[O-])c(O)c1C(C)(C)c1ccccc1. The van der Waals surface area contributed by atoms with E-state index in [0.29, 0.717) is 0 Å². The fourth-order valence-corrected chi connectivity index (χ4v) is 5.09. The quantitative estimate of drug-likeness (QED) is 0.211. The molecule has 3 aromatic carbocycles. The van der Waals surface area contributed by atoms with E-state index in [1.165, 1.54) is 12.1 Å². The number of rotatable bonds is 7. The number of benzene rings is 3. The summed E-state index contributed by atoms with van der Waals surface area (Å²) in [5, 5.41) is 31.3. The number of nitrogens with zero attached hydrogens (tertiary/aromatic N) is 3. The Morgan fingerprint density at radius 2 is 1.37 bits per heavy atom. The summed E-state index contributed by atoms with van der Waals surface area (Å²) < 4.78 is 0. The zero-order chi connectivity index (χ0) is 26.0. The van der Waals surface area contributed by atoms with Gasteiger partial charge in [0.25, 0.3) is 5.69 Å². The predicted octanol–water partition coefficient (Wildman–Crippen LogP) is 8.76. The number of hydrogen-bond donors (Lipinski definition) is 1. The number of hydrogen-bond acceptors (Lipinski definition) is 5. The Morgan fingerprint density at radius 1 is 0.800 bits per heavy atom. The van der Waals surface area contributed by atoms with Gasteiger partial charge < -0.3 is 5.11 Å². The van der Waals surface area contributed by atoms with Crippen molar-refractivity contribution in [3.8, 4) is 5.75 Å². The molecular formula is C29H35N3O3. The van der Waals surface area contributed by atoms with Gasteiger partial charge in [-0.1, -0.05) is 97.0 Å². The van der Waals surface area contributed by atoms with Crippen LogP contribution in [0.3, 0.4) is 0 Å². The molecule has 3 rings (SSSR count). The standard InChI is InChI=1S/C29H35N3O3/c1-27(2,3)19-28(4,5)21-17-18-23(31-30-22-15-11-12-16-24(22)32(34)35)26(33)25(21)29(6,7)20-13-9-8-10-14-20/h8-18,33H,19H2,1-7H3. The van der Waals surface area contributed by atoms with Crippen LogP contribution < -0.4 is 0 Å². The minimum Gasteiger partial charge on any atom is -0.505 e. The lowest BCUT2D eigenvalue weighted by atomic mass is 9.66. The third kappa shape index (κ3) is 5.76. The van der Waals surface area contributed by atoms with Gasteiger partial charge in [0.05, 0.1) is 4.92 Å². The van der Waals surface area contributed by atoms with Crippen LogP contribution in [-0.2, 0) is 10.8 Å². The Kier molecular flexibility index (Phi) is 7.16. The van der Waals surface area contributed by atoms with Crippen molar-refractivity contribution in [1.82, 2.24) is 0 Å². The molecule has 0 aliphatic rings. The average Bonchev–Trinajstić information content (AvgIpc) is 2.77. The first-order valence-corrected chi connectivity index (χ1v) is 11.8. The van der Waals surface area contributed by atoms with E-state index in [9.17, 15) is 15.2 Å². The fraction of sp³-hybridized carbons (Fsp3) is 0.379. The zero-order valence-corrected chi connectivity index (χ0v) is 21.7. The number of phenolic OH excluding ortho intramolecular Hbond substituents is 1. The highest BCUT2D eigenvalue weighted by atomic mass is 16.6. The molecule has 0 aliphatic carbocycles. The molecule has 0 saturated carbocycles. The largest absolute Gasteiger partial charge is 0.505 e. The summed E-state index contributed by atoms with van der Waals surface area (Å²) in [6, 6.07) is 20.0. The number of azo groups is 1. The Hall–Kier alpha value is -3.54. The van der Waals surface area contributed by atoms with Gasteiger partial charge in [-0.25, -0.2) is 0 Å². The van der Waals surface area contributed by atoms with Gasteiger partial charge in [0.2, 0.25) is 0 Å². The summed E-state index contributed by atoms with van der Waals surface area (Å²) in [5.74, 6) is 0.0423. The van der Waals surface area contributed by atoms with Gasteiger partial charge in [-0.2, -0.15) is 0 Å². The van der Waals surface area contributed by atoms with Crippen LogP contribution in [-0.4, -0.2) is 10.0 Å². The zero-order valence-electron chi connectivity index (χ0n) is 21.7. The van der Waals surface area contributed by atoms with Crippen molar-refractivity contribution in [2.24, 2.45) is 15.6 Å². The lowest BCUT2D eigenvalue weighted by Crippen LogP contribution is -2.30. The highest BCUT2D eigenvalue weighted by molar-refractivity contribution is 5.64. The third-order valence-corrected chi connectivity index (χ3v) is 6.32. The number of aromatic hydroxyl groups is 1. The third-order valence-electron chi connectivity index (χ3n) is 6.32. The second-order valence-corrected chi connectivity index (χ2v) is 11.4. The molecule has 0 radical (unpaired) electrons. The monoisotopic (exact) mass is 473 g/mol. The molecule has 6 heteroatoms. The minimum absolute atomic E-state index is 0.0423. The molecule has 0 fully saturated rings. The van der Waals surface area contributed by atoms with E-state index in [1.54, 1.807) is 18.2 Å². The molecule has 0 aliphatic heterocycles. The highest BCUT2D eigenvalue weighted by Gasteiger charge is 2.37. The van der Waals surface area contributed by atoms with E-state index in [2.05, 4.69) is 70.8 Å². The molecule has 0 atom stereocenters. The number of phenols is 1. The molecule has 0 heterocycles. The van der Waals surface area contributed by atoms with Gasteiger partial charge in [0, 0.05) is 17.0 Å². The van der Waals surface area contributed by atoms with Crippen LogP contribution >= 0.6 is 0 Å². The van der Waals surface area contributed by atoms with Crippen LogP contribution in [0.25, 0.3) is 0 Å². The molecule has 3 aromatic rings. The Labute approximate surface area is 207 Å². The van der Waals surface area contributed by atoms with Crippen LogP contribution in [0.4, 0.5) is 17.1 Å². The summed E-state index contributed by atoms with van der Waals surface area (Å²) in [6.07, 6.45) is 0.911. The summed E-state index contributed by atoms with van der Waals surface area (Å²) in [4.78, 5) is 10.9. The highest BCUT2D eigenvalue weighted by Crippen LogP contribution is 2.49. The van der Waals surface area contributed by atoms with E-state index < -0.39 is 10.3 Å². The van der Waals surface area contributed by atoms with Crippen LogP contribution in [0.15, 0.2) is 77.0 Å². The van der Waals surface area contributed by atoms with E-state index >= 15 is 0 Å². The lowest BCUT2D eigenvalue weighted by molar-refractivity contribution is -0.384. The second-order valence-electron chi connectivity index (χ2n) is 11.4. The van der Waals surface area contributed by atoms with Gasteiger partial charge in [-0.15, -0.1) is 10.2 Å². The van der Waals surface area contributed by atoms with Crippen molar-refractivity contribution in [3.63, 3.8) is 0 Å². The number of para-hydroxylation sites is 1. The summed E-state index contributed by atoms with van der Waals surface area (Å²) >= 11 is 0. The summed E-state index contributed by atoms with van der Waals surface area (Å²) in [5.41, 5.74) is 2.50. The smallest absolute Gasteiger partial charge is 0.296 e. The van der Waals surface area contributed by atoms with Gasteiger partial charge >= 0.3 is 0 Å². The number of nitro benzene ring substituents is 1. The molecule has 0 amide bonds. The maximum Gasteiger partial charge on any atom is 0.296 e. The molecule has 35 heavy (non-hydrogen) atoms. The van der Waals surface area contributed by atoms with Crippen LogP contribution in [0.2, 0.25) is 0 Å². The van der Waals surface area contributed by atoms with Gasteiger partial charge in [0.1, 0.15) is 11.4 Å². The first-order chi connectivity index (χ1) is 16.2. The van der Waals surface area contributed by atoms with E-state index in [4.69, 9.17) is 0 Å². The van der Waals surface area contributed by atoms with Crippen molar-refractivity contribution in [1.29, 1.82) is 0 Å². The first-order valence-electron chi connectivity index (χ1n) is 11.8. The Morgan fingerprint density at radius 3 is 1.97 bits per heavy atom. The molecule has 1 N–H and O–H groups in total. The molecular weight excluding hydrogens is 438 g/mol. The van der Waals surface area contributed by atoms with E-state index in [0.717, 1.165) is 23.1 Å². The predicted molar refractivity (Wildman–Crippen MR) is 141 cm³/mol. The normalized spacial score (nSPS) is 12.8. The molecule has 0 unspecified atom stereocenters. The molecule has 184 valence electrons. The summed E-state index contributed by atoms with van der Waals surface area (Å²) in [6.45, 7) is 15.2.